The molecule has 2 atom stereocenters. The van der Waals surface area contributed by atoms with Crippen LogP contribution in [0.2, 0.25) is 0 Å². The van der Waals surface area contributed by atoms with Crippen molar-refractivity contribution < 1.29 is 4.79 Å². The number of amides is 1. The van der Waals surface area contributed by atoms with Gasteiger partial charge in [0.15, 0.2) is 0 Å². The highest BCUT2D eigenvalue weighted by molar-refractivity contribution is 5.94. The van der Waals surface area contributed by atoms with Gasteiger partial charge in [-0.2, -0.15) is 0 Å². The van der Waals surface area contributed by atoms with Crippen molar-refractivity contribution in [2.24, 2.45) is 11.8 Å². The molecule has 0 bridgehead atoms. The van der Waals surface area contributed by atoms with Crippen LogP contribution >= 0.6 is 0 Å². The monoisotopic (exact) mass is 283 g/mol. The summed E-state index contributed by atoms with van der Waals surface area (Å²) in [5, 5.41) is 2.93. The minimum atomic E-state index is -0.279. The van der Waals surface area contributed by atoms with E-state index in [-0.39, 0.29) is 17.5 Å². The van der Waals surface area contributed by atoms with E-state index in [1.165, 1.54) is 10.8 Å². The number of carbonyl (C=O) groups excluding carboxylic acids is 1. The van der Waals surface area contributed by atoms with Crippen molar-refractivity contribution in [2.75, 3.05) is 5.32 Å². The largest absolute Gasteiger partial charge is 0.347 e. The number of nitrogens with zero attached hydrogens (tertiary/aromatic N) is 2. The number of aromatic nitrogens is 2. The molecule has 21 heavy (non-hydrogen) atoms. The molecule has 1 heterocycles. The topological polar surface area (TPSA) is 64.0 Å². The van der Waals surface area contributed by atoms with Gasteiger partial charge in [-0.05, 0) is 36.1 Å². The van der Waals surface area contributed by atoms with Gasteiger partial charge in [0.25, 0.3) is 0 Å². The number of hydrogen-bond acceptors (Lipinski definition) is 3. The van der Waals surface area contributed by atoms with Crippen LogP contribution in [0.4, 0.5) is 5.69 Å². The standard InChI is InChI=1S/C16H17N3O2/c1-11-8-14(11)15(20)18-13-5-2-4-12(9-13)10-19-7-3-6-17-16(19)21/h2-7,9,11,14H,8,10H2,1H3,(H,18,20)/t11-,14+/m1/s1. The zero-order valence-corrected chi connectivity index (χ0v) is 11.8. The van der Waals surface area contributed by atoms with E-state index in [4.69, 9.17) is 0 Å². The Labute approximate surface area is 122 Å². The third-order valence-electron chi connectivity index (χ3n) is 3.78. The summed E-state index contributed by atoms with van der Waals surface area (Å²) >= 11 is 0. The fraction of sp³-hybridized carbons (Fsp3) is 0.312. The van der Waals surface area contributed by atoms with E-state index in [1.54, 1.807) is 12.3 Å². The molecule has 0 saturated heterocycles. The van der Waals surface area contributed by atoms with Gasteiger partial charge >= 0.3 is 5.69 Å². The molecule has 2 aromatic rings. The third kappa shape index (κ3) is 3.18. The van der Waals surface area contributed by atoms with Crippen LogP contribution in [0.1, 0.15) is 18.9 Å². The Morgan fingerprint density at radius 2 is 2.24 bits per heavy atom. The number of nitrogens with one attached hydrogen (secondary N) is 1. The van der Waals surface area contributed by atoms with E-state index in [9.17, 15) is 9.59 Å². The van der Waals surface area contributed by atoms with Crippen molar-refractivity contribution in [3.8, 4) is 0 Å². The molecule has 3 rings (SSSR count). The molecule has 1 N–H and O–H groups in total. The Morgan fingerprint density at radius 1 is 1.43 bits per heavy atom. The lowest BCUT2D eigenvalue weighted by Gasteiger charge is -2.08. The molecule has 1 aliphatic carbocycles. The van der Waals surface area contributed by atoms with E-state index in [2.05, 4.69) is 17.2 Å². The molecule has 0 aliphatic heterocycles. The van der Waals surface area contributed by atoms with E-state index in [0.29, 0.717) is 12.5 Å². The molecule has 0 radical (unpaired) electrons. The molecule has 1 aromatic carbocycles. The highest BCUT2D eigenvalue weighted by Crippen LogP contribution is 2.38. The molecule has 5 heteroatoms. The maximum absolute atomic E-state index is 11.9. The number of anilines is 1. The second-order valence-corrected chi connectivity index (χ2v) is 5.54. The van der Waals surface area contributed by atoms with Crippen LogP contribution in [0.5, 0.6) is 0 Å². The molecule has 1 amide bonds. The fourth-order valence-electron chi connectivity index (χ4n) is 2.37. The van der Waals surface area contributed by atoms with Crippen molar-refractivity contribution in [3.05, 3.63) is 58.8 Å². The van der Waals surface area contributed by atoms with Gasteiger partial charge in [-0.1, -0.05) is 19.1 Å². The lowest BCUT2D eigenvalue weighted by molar-refractivity contribution is -0.117. The summed E-state index contributed by atoms with van der Waals surface area (Å²) in [5.41, 5.74) is 1.44. The van der Waals surface area contributed by atoms with Gasteiger partial charge in [0, 0.05) is 24.0 Å². The van der Waals surface area contributed by atoms with E-state index in [0.717, 1.165) is 17.7 Å². The second kappa shape index (κ2) is 5.52. The normalized spacial score (nSPS) is 20.0. The van der Waals surface area contributed by atoms with Crippen molar-refractivity contribution in [3.63, 3.8) is 0 Å². The Morgan fingerprint density at radius 3 is 2.95 bits per heavy atom. The summed E-state index contributed by atoms with van der Waals surface area (Å²) in [4.78, 5) is 27.3. The van der Waals surface area contributed by atoms with Crippen LogP contribution in [0.25, 0.3) is 0 Å². The maximum Gasteiger partial charge on any atom is 0.347 e. The van der Waals surface area contributed by atoms with Crippen LogP contribution in [0.15, 0.2) is 47.5 Å². The molecule has 0 spiro atoms. The molecule has 1 saturated carbocycles. The van der Waals surface area contributed by atoms with E-state index < -0.39 is 0 Å². The van der Waals surface area contributed by atoms with Crippen LogP contribution in [0, 0.1) is 11.8 Å². The van der Waals surface area contributed by atoms with Gasteiger partial charge < -0.3 is 5.32 Å². The average molecular weight is 283 g/mol. The smallest absolute Gasteiger partial charge is 0.326 e. The second-order valence-electron chi connectivity index (χ2n) is 5.54. The van der Waals surface area contributed by atoms with Gasteiger partial charge in [-0.15, -0.1) is 0 Å². The molecule has 108 valence electrons. The summed E-state index contributed by atoms with van der Waals surface area (Å²) < 4.78 is 1.53. The van der Waals surface area contributed by atoms with Crippen molar-refractivity contribution in [1.82, 2.24) is 9.55 Å². The quantitative estimate of drug-likeness (QED) is 0.932. The lowest BCUT2D eigenvalue weighted by atomic mass is 10.2. The maximum atomic E-state index is 11.9. The van der Waals surface area contributed by atoms with Crippen molar-refractivity contribution in [2.45, 2.75) is 19.9 Å². The van der Waals surface area contributed by atoms with Crippen molar-refractivity contribution in [1.29, 1.82) is 0 Å². The van der Waals surface area contributed by atoms with Crippen LogP contribution < -0.4 is 11.0 Å². The minimum absolute atomic E-state index is 0.0817. The van der Waals surface area contributed by atoms with Crippen LogP contribution in [-0.4, -0.2) is 15.5 Å². The summed E-state index contributed by atoms with van der Waals surface area (Å²) in [5.74, 6) is 0.718. The summed E-state index contributed by atoms with van der Waals surface area (Å²) in [6.07, 6.45) is 4.15. The lowest BCUT2D eigenvalue weighted by Crippen LogP contribution is -2.22. The van der Waals surface area contributed by atoms with Gasteiger partial charge in [-0.3, -0.25) is 9.36 Å². The highest BCUT2D eigenvalue weighted by atomic mass is 16.2. The first-order valence-electron chi connectivity index (χ1n) is 7.05. The molecule has 1 fully saturated rings. The molecule has 1 aliphatic rings. The fourth-order valence-corrected chi connectivity index (χ4v) is 2.37. The first kappa shape index (κ1) is 13.5. The molecule has 1 aromatic heterocycles. The molecule has 5 nitrogen and oxygen atoms in total. The SMILES string of the molecule is C[C@@H]1C[C@@H]1C(=O)Nc1cccc(Cn2cccnc2=O)c1. The Kier molecular flexibility index (Phi) is 3.56. The van der Waals surface area contributed by atoms with Crippen molar-refractivity contribution >= 4 is 11.6 Å². The van der Waals surface area contributed by atoms with Gasteiger partial charge in [0.05, 0.1) is 6.54 Å². The Hall–Kier alpha value is -2.43. The van der Waals surface area contributed by atoms with Gasteiger partial charge in [0.2, 0.25) is 5.91 Å². The number of rotatable bonds is 4. The minimum Gasteiger partial charge on any atom is -0.326 e. The van der Waals surface area contributed by atoms with Crippen LogP contribution in [0.3, 0.4) is 0 Å². The van der Waals surface area contributed by atoms with Crippen LogP contribution in [-0.2, 0) is 11.3 Å². The van der Waals surface area contributed by atoms with Gasteiger partial charge in [0.1, 0.15) is 0 Å². The molecular weight excluding hydrogens is 266 g/mol. The number of benzene rings is 1. The first-order chi connectivity index (χ1) is 10.1. The van der Waals surface area contributed by atoms with E-state index in [1.807, 2.05) is 24.3 Å². The number of carbonyl (C=O) groups is 1. The zero-order valence-electron chi connectivity index (χ0n) is 11.8. The third-order valence-corrected chi connectivity index (χ3v) is 3.78. The highest BCUT2D eigenvalue weighted by Gasteiger charge is 2.39. The molecular formula is C16H17N3O2. The summed E-state index contributed by atoms with van der Waals surface area (Å²) in [7, 11) is 0. The molecule has 0 unspecified atom stereocenters. The predicted molar refractivity (Wildman–Crippen MR) is 79.9 cm³/mol. The Balaban J connectivity index is 1.73. The zero-order chi connectivity index (χ0) is 14.8. The predicted octanol–water partition coefficient (Wildman–Crippen LogP) is 1.89. The Bertz CT molecular complexity index is 723. The number of hydrogen-bond donors (Lipinski definition) is 1. The summed E-state index contributed by atoms with van der Waals surface area (Å²) in [6, 6.07) is 9.28. The first-order valence-corrected chi connectivity index (χ1v) is 7.05. The van der Waals surface area contributed by atoms with Gasteiger partial charge in [-0.25, -0.2) is 9.78 Å². The van der Waals surface area contributed by atoms with E-state index >= 15 is 0 Å². The average Bonchev–Trinajstić information content (AvgIpc) is 3.19. The summed E-state index contributed by atoms with van der Waals surface area (Å²) in [6.45, 7) is 2.52.